The summed E-state index contributed by atoms with van der Waals surface area (Å²) in [6.45, 7) is 0. The third-order valence-electron chi connectivity index (χ3n) is 5.93. The van der Waals surface area contributed by atoms with Crippen LogP contribution in [0.5, 0.6) is 0 Å². The topological polar surface area (TPSA) is 33.1 Å². The molecule has 4 heteroatoms. The van der Waals surface area contributed by atoms with Gasteiger partial charge in [-0.3, -0.25) is 0 Å². The first-order chi connectivity index (χ1) is 10.3. The van der Waals surface area contributed by atoms with Gasteiger partial charge < -0.3 is 14.8 Å². The molecule has 0 aromatic carbocycles. The largest absolute Gasteiger partial charge is 0.342 e. The quantitative estimate of drug-likeness (QED) is 0.928. The van der Waals surface area contributed by atoms with Crippen LogP contribution in [-0.4, -0.2) is 34.7 Å². The summed E-state index contributed by atoms with van der Waals surface area (Å²) in [5, 5.41) is 3.74. The number of aromatic nitrogens is 2. The molecule has 4 nitrogen and oxygen atoms in total. The summed E-state index contributed by atoms with van der Waals surface area (Å²) in [5.41, 5.74) is 0. The first-order valence-electron chi connectivity index (χ1n) is 8.83. The summed E-state index contributed by atoms with van der Waals surface area (Å²) in [5.74, 6) is 1.20. The van der Waals surface area contributed by atoms with Crippen molar-refractivity contribution in [3.8, 4) is 0 Å². The van der Waals surface area contributed by atoms with Crippen LogP contribution in [0.25, 0.3) is 0 Å². The van der Waals surface area contributed by atoms with E-state index < -0.39 is 0 Å². The van der Waals surface area contributed by atoms with Gasteiger partial charge >= 0.3 is 0 Å². The maximum absolute atomic E-state index is 4.71. The van der Waals surface area contributed by atoms with Gasteiger partial charge in [0.25, 0.3) is 0 Å². The minimum atomic E-state index is 0.661. The molecule has 1 aromatic heterocycles. The highest BCUT2D eigenvalue weighted by molar-refractivity contribution is 5.33. The molecular formula is C17H28N4. The molecule has 116 valence electrons. The van der Waals surface area contributed by atoms with Crippen molar-refractivity contribution in [1.82, 2.24) is 14.9 Å². The van der Waals surface area contributed by atoms with Crippen LogP contribution in [0.2, 0.25) is 0 Å². The number of hydrogen-bond donors (Lipinski definition) is 1. The molecule has 0 spiro atoms. The number of fused-ring (bicyclic) bond motifs is 2. The number of piperidine rings is 1. The molecule has 2 saturated heterocycles. The van der Waals surface area contributed by atoms with E-state index >= 15 is 0 Å². The molecule has 2 atom stereocenters. The lowest BCUT2D eigenvalue weighted by Gasteiger charge is -2.37. The highest BCUT2D eigenvalue weighted by Crippen LogP contribution is 2.34. The van der Waals surface area contributed by atoms with E-state index in [0.717, 1.165) is 12.1 Å². The average molecular weight is 288 g/mol. The Morgan fingerprint density at radius 3 is 2.52 bits per heavy atom. The number of nitrogens with one attached hydrogen (secondary N) is 1. The van der Waals surface area contributed by atoms with Gasteiger partial charge in [0.1, 0.15) is 0 Å². The molecule has 2 unspecified atom stereocenters. The number of imidazole rings is 1. The third-order valence-corrected chi connectivity index (χ3v) is 5.93. The molecule has 1 aromatic rings. The summed E-state index contributed by atoms with van der Waals surface area (Å²) in [7, 11) is 2.26. The fourth-order valence-electron chi connectivity index (χ4n) is 4.73. The lowest BCUT2D eigenvalue weighted by molar-refractivity contribution is 0.334. The zero-order chi connectivity index (χ0) is 14.2. The van der Waals surface area contributed by atoms with E-state index in [1.807, 2.05) is 6.20 Å². The van der Waals surface area contributed by atoms with E-state index in [2.05, 4.69) is 28.0 Å². The summed E-state index contributed by atoms with van der Waals surface area (Å²) in [4.78, 5) is 7.18. The van der Waals surface area contributed by atoms with Crippen molar-refractivity contribution in [1.29, 1.82) is 0 Å². The van der Waals surface area contributed by atoms with Crippen molar-refractivity contribution >= 4 is 5.95 Å². The van der Waals surface area contributed by atoms with Crippen LogP contribution in [0.4, 0.5) is 5.95 Å². The van der Waals surface area contributed by atoms with Crippen LogP contribution < -0.4 is 10.2 Å². The number of hydrogen-bond acceptors (Lipinski definition) is 3. The molecule has 0 amide bonds. The average Bonchev–Trinajstić information content (AvgIpc) is 3.14. The Hall–Kier alpha value is -1.03. The fourth-order valence-corrected chi connectivity index (χ4v) is 4.73. The van der Waals surface area contributed by atoms with E-state index in [9.17, 15) is 0 Å². The summed E-state index contributed by atoms with van der Waals surface area (Å²) >= 11 is 0. The van der Waals surface area contributed by atoms with E-state index in [1.165, 1.54) is 63.7 Å². The highest BCUT2D eigenvalue weighted by Gasteiger charge is 2.36. The van der Waals surface area contributed by atoms with Gasteiger partial charge in [0.15, 0.2) is 0 Å². The van der Waals surface area contributed by atoms with E-state index in [-0.39, 0.29) is 0 Å². The second-order valence-electron chi connectivity index (χ2n) is 7.30. The standard InChI is InChI=1S/C17H28N4/c1-20(16-11-13-7-8-14(12-16)19-13)17-18-9-10-21(17)15-5-3-2-4-6-15/h9-10,13-16,19H,2-8,11-12H2,1H3. The second kappa shape index (κ2) is 5.64. The van der Waals surface area contributed by atoms with E-state index in [4.69, 9.17) is 4.98 Å². The summed E-state index contributed by atoms with van der Waals surface area (Å²) in [6, 6.07) is 2.83. The lowest BCUT2D eigenvalue weighted by atomic mass is 9.95. The number of rotatable bonds is 3. The zero-order valence-electron chi connectivity index (χ0n) is 13.2. The predicted octanol–water partition coefficient (Wildman–Crippen LogP) is 3.11. The van der Waals surface area contributed by atoms with Crippen molar-refractivity contribution in [3.63, 3.8) is 0 Å². The van der Waals surface area contributed by atoms with Crippen LogP contribution in [-0.2, 0) is 0 Å². The van der Waals surface area contributed by atoms with Gasteiger partial charge in [-0.25, -0.2) is 4.98 Å². The van der Waals surface area contributed by atoms with Crippen molar-refractivity contribution in [3.05, 3.63) is 12.4 Å². The maximum atomic E-state index is 4.71. The van der Waals surface area contributed by atoms with Crippen molar-refractivity contribution in [2.24, 2.45) is 0 Å². The summed E-state index contributed by atoms with van der Waals surface area (Å²) < 4.78 is 2.46. The van der Waals surface area contributed by atoms with Gasteiger partial charge in [-0.1, -0.05) is 19.3 Å². The van der Waals surface area contributed by atoms with Crippen molar-refractivity contribution in [2.75, 3.05) is 11.9 Å². The van der Waals surface area contributed by atoms with Crippen LogP contribution >= 0.6 is 0 Å². The molecule has 3 heterocycles. The second-order valence-corrected chi connectivity index (χ2v) is 7.30. The molecule has 2 aliphatic heterocycles. The Balaban J connectivity index is 1.51. The zero-order valence-corrected chi connectivity index (χ0v) is 13.2. The normalized spacial score (nSPS) is 33.3. The SMILES string of the molecule is CN(c1nccn1C1CCCCC1)C1CC2CCC(C1)N2. The molecule has 4 rings (SSSR count). The Bertz CT molecular complexity index is 465. The Morgan fingerprint density at radius 2 is 1.81 bits per heavy atom. The smallest absolute Gasteiger partial charge is 0.205 e. The van der Waals surface area contributed by atoms with E-state index in [0.29, 0.717) is 12.1 Å². The molecule has 2 bridgehead atoms. The van der Waals surface area contributed by atoms with Crippen LogP contribution in [0.15, 0.2) is 12.4 Å². The molecule has 1 N–H and O–H groups in total. The van der Waals surface area contributed by atoms with Crippen LogP contribution in [0, 0.1) is 0 Å². The molecule has 3 fully saturated rings. The molecule has 1 aliphatic carbocycles. The van der Waals surface area contributed by atoms with Gasteiger partial charge in [0.05, 0.1) is 0 Å². The molecular weight excluding hydrogens is 260 g/mol. The van der Waals surface area contributed by atoms with Gasteiger partial charge in [-0.05, 0) is 38.5 Å². The van der Waals surface area contributed by atoms with Gasteiger partial charge in [0, 0.05) is 43.6 Å². The first kappa shape index (κ1) is 13.6. The minimum Gasteiger partial charge on any atom is -0.342 e. The van der Waals surface area contributed by atoms with Crippen molar-refractivity contribution in [2.45, 2.75) is 82.0 Å². The highest BCUT2D eigenvalue weighted by atomic mass is 15.3. The maximum Gasteiger partial charge on any atom is 0.205 e. The monoisotopic (exact) mass is 288 g/mol. The molecule has 1 saturated carbocycles. The van der Waals surface area contributed by atoms with Crippen LogP contribution in [0.1, 0.15) is 63.8 Å². The number of nitrogens with zero attached hydrogens (tertiary/aromatic N) is 3. The van der Waals surface area contributed by atoms with Gasteiger partial charge in [0.2, 0.25) is 5.95 Å². The number of anilines is 1. The lowest BCUT2D eigenvalue weighted by Crippen LogP contribution is -2.47. The Kier molecular flexibility index (Phi) is 3.66. The first-order valence-corrected chi connectivity index (χ1v) is 8.83. The van der Waals surface area contributed by atoms with Gasteiger partial charge in [-0.2, -0.15) is 0 Å². The Labute approximate surface area is 127 Å². The Morgan fingerprint density at radius 1 is 1.10 bits per heavy atom. The van der Waals surface area contributed by atoms with Gasteiger partial charge in [-0.15, -0.1) is 0 Å². The molecule has 3 aliphatic rings. The molecule has 0 radical (unpaired) electrons. The third kappa shape index (κ3) is 2.59. The summed E-state index contributed by atoms with van der Waals surface area (Å²) in [6.07, 6.45) is 16.3. The van der Waals surface area contributed by atoms with E-state index in [1.54, 1.807) is 0 Å². The van der Waals surface area contributed by atoms with Crippen LogP contribution in [0.3, 0.4) is 0 Å². The fraction of sp³-hybridized carbons (Fsp3) is 0.824. The minimum absolute atomic E-state index is 0.661. The molecule has 21 heavy (non-hydrogen) atoms. The predicted molar refractivity (Wildman–Crippen MR) is 85.7 cm³/mol. The van der Waals surface area contributed by atoms with Crippen molar-refractivity contribution < 1.29 is 0 Å².